The summed E-state index contributed by atoms with van der Waals surface area (Å²) in [6.07, 6.45) is -3.38. The summed E-state index contributed by atoms with van der Waals surface area (Å²) in [6, 6.07) is 0.850. The maximum atomic E-state index is 12.7. The topological polar surface area (TPSA) is 65.4 Å². The lowest BCUT2D eigenvalue weighted by Gasteiger charge is -2.39. The number of nitrogens with zero attached hydrogens (tertiary/aromatic N) is 4. The van der Waals surface area contributed by atoms with E-state index in [2.05, 4.69) is 44.3 Å². The fraction of sp³-hybridized carbons (Fsp3) is 0.688. The fourth-order valence-corrected chi connectivity index (χ4v) is 3.67. The zero-order valence-corrected chi connectivity index (χ0v) is 16.0. The molecule has 6 nitrogen and oxygen atoms in total. The maximum Gasteiger partial charge on any atom is 0.433 e. The van der Waals surface area contributed by atoms with Crippen LogP contribution in [-0.2, 0) is 6.18 Å². The van der Waals surface area contributed by atoms with Crippen molar-refractivity contribution in [2.75, 3.05) is 43.8 Å². The van der Waals surface area contributed by atoms with Gasteiger partial charge in [-0.1, -0.05) is 0 Å². The van der Waals surface area contributed by atoms with Crippen LogP contribution in [0.5, 0.6) is 0 Å². The molecular weight excluding hydrogens is 365 g/mol. The van der Waals surface area contributed by atoms with Crippen molar-refractivity contribution in [2.24, 2.45) is 4.99 Å². The summed E-state index contributed by atoms with van der Waals surface area (Å²) < 4.78 is 38.1. The van der Waals surface area contributed by atoms with E-state index in [0.29, 0.717) is 13.1 Å². The molecule has 1 aromatic heterocycles. The highest BCUT2D eigenvalue weighted by molar-refractivity contribution is 8.00. The van der Waals surface area contributed by atoms with Crippen molar-refractivity contribution in [1.82, 2.24) is 20.2 Å². The second kappa shape index (κ2) is 8.79. The Morgan fingerprint density at radius 2 is 2.19 bits per heavy atom. The van der Waals surface area contributed by atoms with E-state index >= 15 is 0 Å². The first-order chi connectivity index (χ1) is 12.2. The van der Waals surface area contributed by atoms with Crippen molar-refractivity contribution in [2.45, 2.75) is 31.7 Å². The molecule has 0 saturated carbocycles. The Morgan fingerprint density at radius 1 is 1.42 bits per heavy atom. The number of halogens is 3. The molecule has 0 bridgehead atoms. The van der Waals surface area contributed by atoms with Gasteiger partial charge in [-0.25, -0.2) is 9.97 Å². The van der Waals surface area contributed by atoms with E-state index in [1.165, 1.54) is 0 Å². The number of hydrogen-bond donors (Lipinski definition) is 2. The molecule has 0 radical (unpaired) electrons. The number of rotatable bonds is 5. The highest BCUT2D eigenvalue weighted by Crippen LogP contribution is 2.29. The standard InChI is InChI=1S/C16H25F3N6S/c1-4-20-14(25-9-10-26-15(2,3)11-25)23-8-7-22-13-21-6-5-12(24-13)16(17,18)19/h5-6H,4,7-11H2,1-3H3,(H,20,23)(H,21,22,24). The Hall–Kier alpha value is -1.71. The van der Waals surface area contributed by atoms with Crippen molar-refractivity contribution < 1.29 is 13.2 Å². The molecule has 1 aromatic rings. The SMILES string of the molecule is CCNC(=NCCNc1nccc(C(F)(F)F)n1)N1CCSC(C)(C)C1. The van der Waals surface area contributed by atoms with E-state index in [9.17, 15) is 13.2 Å². The summed E-state index contributed by atoms with van der Waals surface area (Å²) in [5, 5.41) is 6.07. The molecule has 0 unspecified atom stereocenters. The molecular formula is C16H25F3N6S. The third-order valence-electron chi connectivity index (χ3n) is 3.66. The normalized spacial score (nSPS) is 17.9. The summed E-state index contributed by atoms with van der Waals surface area (Å²) in [5.74, 6) is 1.82. The molecule has 1 fully saturated rings. The Kier molecular flexibility index (Phi) is 6.96. The monoisotopic (exact) mass is 390 g/mol. The van der Waals surface area contributed by atoms with Gasteiger partial charge in [-0.15, -0.1) is 0 Å². The molecule has 1 aliphatic heterocycles. The summed E-state index contributed by atoms with van der Waals surface area (Å²) >= 11 is 1.94. The van der Waals surface area contributed by atoms with Gasteiger partial charge in [0.15, 0.2) is 5.96 Å². The van der Waals surface area contributed by atoms with E-state index in [1.807, 2.05) is 18.7 Å². The third kappa shape index (κ3) is 6.22. The summed E-state index contributed by atoms with van der Waals surface area (Å²) in [6.45, 7) is 9.76. The number of thioether (sulfide) groups is 1. The van der Waals surface area contributed by atoms with Crippen LogP contribution in [0.4, 0.5) is 19.1 Å². The molecule has 2 rings (SSSR count). The van der Waals surface area contributed by atoms with Crippen LogP contribution in [0.2, 0.25) is 0 Å². The van der Waals surface area contributed by atoms with Crippen LogP contribution in [0.15, 0.2) is 17.3 Å². The average molecular weight is 390 g/mol. The fourth-order valence-electron chi connectivity index (χ4n) is 2.55. The van der Waals surface area contributed by atoms with Gasteiger partial charge in [0, 0.05) is 42.9 Å². The second-order valence-electron chi connectivity index (χ2n) is 6.46. The van der Waals surface area contributed by atoms with Crippen molar-refractivity contribution in [3.05, 3.63) is 18.0 Å². The van der Waals surface area contributed by atoms with Gasteiger partial charge in [0.1, 0.15) is 5.69 Å². The van der Waals surface area contributed by atoms with Gasteiger partial charge in [0.05, 0.1) is 6.54 Å². The van der Waals surface area contributed by atoms with Gasteiger partial charge >= 0.3 is 6.18 Å². The molecule has 2 heterocycles. The molecule has 0 atom stereocenters. The van der Waals surface area contributed by atoms with Crippen LogP contribution in [-0.4, -0.2) is 64.1 Å². The van der Waals surface area contributed by atoms with E-state index in [4.69, 9.17) is 0 Å². The highest BCUT2D eigenvalue weighted by Gasteiger charge is 2.32. The number of aliphatic imine (C=N–C) groups is 1. The van der Waals surface area contributed by atoms with E-state index in [-0.39, 0.29) is 10.7 Å². The minimum Gasteiger partial charge on any atom is -0.357 e. The Balaban J connectivity index is 1.92. The van der Waals surface area contributed by atoms with Crippen molar-refractivity contribution in [3.8, 4) is 0 Å². The lowest BCUT2D eigenvalue weighted by Crippen LogP contribution is -2.51. The van der Waals surface area contributed by atoms with Gasteiger partial charge in [-0.3, -0.25) is 4.99 Å². The second-order valence-corrected chi connectivity index (χ2v) is 8.26. The quantitative estimate of drug-likeness (QED) is 0.458. The predicted octanol–water partition coefficient (Wildman–Crippen LogP) is 2.70. The van der Waals surface area contributed by atoms with E-state index < -0.39 is 11.9 Å². The molecule has 26 heavy (non-hydrogen) atoms. The maximum absolute atomic E-state index is 12.7. The van der Waals surface area contributed by atoms with Crippen LogP contribution < -0.4 is 10.6 Å². The zero-order chi connectivity index (χ0) is 19.2. The van der Waals surface area contributed by atoms with Crippen molar-refractivity contribution in [3.63, 3.8) is 0 Å². The highest BCUT2D eigenvalue weighted by atomic mass is 32.2. The molecule has 0 aromatic carbocycles. The molecule has 10 heteroatoms. The van der Waals surface area contributed by atoms with Crippen LogP contribution in [0, 0.1) is 0 Å². The number of nitrogens with one attached hydrogen (secondary N) is 2. The average Bonchev–Trinajstić information content (AvgIpc) is 2.56. The summed E-state index contributed by atoms with van der Waals surface area (Å²) in [5.41, 5.74) is -0.958. The largest absolute Gasteiger partial charge is 0.433 e. The zero-order valence-electron chi connectivity index (χ0n) is 15.2. The van der Waals surface area contributed by atoms with Crippen LogP contribution in [0.3, 0.4) is 0 Å². The first kappa shape index (κ1) is 20.6. The van der Waals surface area contributed by atoms with Gasteiger partial charge in [-0.2, -0.15) is 24.9 Å². The van der Waals surface area contributed by atoms with E-state index in [1.54, 1.807) is 0 Å². The van der Waals surface area contributed by atoms with Crippen molar-refractivity contribution >= 4 is 23.7 Å². The first-order valence-electron chi connectivity index (χ1n) is 8.52. The predicted molar refractivity (Wildman–Crippen MR) is 99.6 cm³/mol. The number of aromatic nitrogens is 2. The summed E-state index contributed by atoms with van der Waals surface area (Å²) in [7, 11) is 0. The van der Waals surface area contributed by atoms with Gasteiger partial charge in [0.2, 0.25) is 5.95 Å². The lowest BCUT2D eigenvalue weighted by molar-refractivity contribution is -0.141. The molecule has 0 amide bonds. The minimum atomic E-state index is -4.48. The lowest BCUT2D eigenvalue weighted by atomic mass is 10.2. The molecule has 146 valence electrons. The molecule has 2 N–H and O–H groups in total. The summed E-state index contributed by atoms with van der Waals surface area (Å²) in [4.78, 5) is 14.1. The first-order valence-corrected chi connectivity index (χ1v) is 9.51. The Labute approximate surface area is 156 Å². The van der Waals surface area contributed by atoms with Gasteiger partial charge < -0.3 is 15.5 Å². The van der Waals surface area contributed by atoms with Crippen LogP contribution >= 0.6 is 11.8 Å². The van der Waals surface area contributed by atoms with Crippen molar-refractivity contribution in [1.29, 1.82) is 0 Å². The number of anilines is 1. The number of alkyl halides is 3. The molecule has 1 saturated heterocycles. The molecule has 1 aliphatic rings. The van der Waals surface area contributed by atoms with Gasteiger partial charge in [-0.05, 0) is 26.8 Å². The Bertz CT molecular complexity index is 620. The minimum absolute atomic E-state index is 0.0458. The number of hydrogen-bond acceptors (Lipinski definition) is 5. The Morgan fingerprint density at radius 3 is 2.85 bits per heavy atom. The smallest absolute Gasteiger partial charge is 0.357 e. The van der Waals surface area contributed by atoms with E-state index in [0.717, 1.165) is 43.6 Å². The molecule has 0 aliphatic carbocycles. The molecule has 0 spiro atoms. The van der Waals surface area contributed by atoms with Crippen LogP contribution in [0.1, 0.15) is 26.5 Å². The van der Waals surface area contributed by atoms with Crippen LogP contribution in [0.25, 0.3) is 0 Å². The number of guanidine groups is 1. The third-order valence-corrected chi connectivity index (χ3v) is 4.96. The van der Waals surface area contributed by atoms with Gasteiger partial charge in [0.25, 0.3) is 0 Å².